The molecule has 39 heavy (non-hydrogen) atoms. The maximum absolute atomic E-state index is 12.9. The van der Waals surface area contributed by atoms with Crippen LogP contribution in [0.15, 0.2) is 41.3 Å². The topological polar surface area (TPSA) is 150 Å². The predicted octanol–water partition coefficient (Wildman–Crippen LogP) is 4.00. The van der Waals surface area contributed by atoms with E-state index < -0.39 is 5.91 Å². The van der Waals surface area contributed by atoms with Gasteiger partial charge in [-0.3, -0.25) is 9.59 Å². The van der Waals surface area contributed by atoms with Gasteiger partial charge in [0.15, 0.2) is 0 Å². The molecule has 0 unspecified atom stereocenters. The van der Waals surface area contributed by atoms with Crippen LogP contribution in [-0.2, 0) is 6.42 Å². The summed E-state index contributed by atoms with van der Waals surface area (Å²) in [6.07, 6.45) is 5.75. The molecule has 0 spiro atoms. The second-order valence-electron chi connectivity index (χ2n) is 9.78. The number of amides is 1. The van der Waals surface area contributed by atoms with Crippen LogP contribution in [0.2, 0.25) is 0 Å². The zero-order chi connectivity index (χ0) is 27.9. The highest BCUT2D eigenvalue weighted by Gasteiger charge is 2.22. The van der Waals surface area contributed by atoms with Crippen molar-refractivity contribution in [3.05, 3.63) is 63.7 Å². The molecule has 2 aromatic heterocycles. The van der Waals surface area contributed by atoms with E-state index >= 15 is 0 Å². The van der Waals surface area contributed by atoms with E-state index in [1.807, 2.05) is 32.0 Å². The lowest BCUT2D eigenvalue weighted by Crippen LogP contribution is -2.34. The molecule has 4 rings (SSSR count). The van der Waals surface area contributed by atoms with E-state index in [-0.39, 0.29) is 5.56 Å². The summed E-state index contributed by atoms with van der Waals surface area (Å²) in [4.78, 5) is 38.5. The molecule has 10 nitrogen and oxygen atoms in total. The fraction of sp³-hybridized carbons (Fsp3) is 0.414. The zero-order valence-electron chi connectivity index (χ0n) is 22.8. The molecule has 0 radical (unpaired) electrons. The molecule has 0 bridgehead atoms. The van der Waals surface area contributed by atoms with Gasteiger partial charge in [0, 0.05) is 26.3 Å². The van der Waals surface area contributed by atoms with Crippen molar-refractivity contribution in [2.24, 2.45) is 11.7 Å². The molecule has 0 atom stereocenters. The van der Waals surface area contributed by atoms with Gasteiger partial charge in [-0.25, -0.2) is 9.97 Å². The van der Waals surface area contributed by atoms with Crippen LogP contribution in [0.1, 0.15) is 61.1 Å². The fourth-order valence-corrected chi connectivity index (χ4v) is 5.01. The van der Waals surface area contributed by atoms with Crippen molar-refractivity contribution in [3.63, 3.8) is 0 Å². The fourth-order valence-electron chi connectivity index (χ4n) is 5.01. The number of primary amides is 1. The van der Waals surface area contributed by atoms with Crippen LogP contribution in [0, 0.1) is 11.3 Å². The first-order valence-electron chi connectivity index (χ1n) is 13.5. The summed E-state index contributed by atoms with van der Waals surface area (Å²) in [6.45, 7) is 6.15. The highest BCUT2D eigenvalue weighted by atomic mass is 16.5. The number of piperidine rings is 1. The van der Waals surface area contributed by atoms with Crippen LogP contribution in [-0.4, -0.2) is 53.3 Å². The number of hydrogen-bond donors (Lipinski definition) is 4. The van der Waals surface area contributed by atoms with Crippen molar-refractivity contribution in [1.29, 1.82) is 5.41 Å². The molecule has 1 aliphatic heterocycles. The standard InChI is InChI=1S/C29H37N7O3/c1-4-6-22(30)25-26(32-3)29(38)35-28(34-25)21-16-19(7-9-23(21)39-5-2)15-18-11-13-36(14-12-18)24-10-8-20(17-33-24)27(31)37/h7-10,16-18,30,32H,4-6,11-15H2,1-3H3,(H2,31,37)(H,34,35,38). The molecule has 3 heterocycles. The van der Waals surface area contributed by atoms with Gasteiger partial charge >= 0.3 is 0 Å². The molecule has 1 fully saturated rings. The monoisotopic (exact) mass is 531 g/mol. The summed E-state index contributed by atoms with van der Waals surface area (Å²) in [5.74, 6) is 1.92. The third kappa shape index (κ3) is 6.45. The number of hydrogen-bond acceptors (Lipinski definition) is 8. The SMILES string of the molecule is CCCC(=N)c1nc(-c2cc(CC3CCN(c4ccc(C(N)=O)cn4)CC3)ccc2OCC)[nH]c(=O)c1NC. The largest absolute Gasteiger partial charge is 0.493 e. The number of aromatic nitrogens is 3. The van der Waals surface area contributed by atoms with Gasteiger partial charge < -0.3 is 31.1 Å². The lowest BCUT2D eigenvalue weighted by molar-refractivity contribution is 0.1000. The van der Waals surface area contributed by atoms with E-state index in [0.29, 0.717) is 53.2 Å². The van der Waals surface area contributed by atoms with Gasteiger partial charge in [-0.2, -0.15) is 0 Å². The van der Waals surface area contributed by atoms with Crippen molar-refractivity contribution < 1.29 is 9.53 Å². The first kappa shape index (κ1) is 27.8. The zero-order valence-corrected chi connectivity index (χ0v) is 22.8. The van der Waals surface area contributed by atoms with Gasteiger partial charge in [-0.15, -0.1) is 0 Å². The average Bonchev–Trinajstić information content (AvgIpc) is 2.94. The number of nitrogens with one attached hydrogen (secondary N) is 3. The quantitative estimate of drug-likeness (QED) is 0.273. The van der Waals surface area contributed by atoms with Gasteiger partial charge in [-0.1, -0.05) is 19.4 Å². The number of carbonyl (C=O) groups is 1. The van der Waals surface area contributed by atoms with Gasteiger partial charge in [0.25, 0.3) is 5.56 Å². The summed E-state index contributed by atoms with van der Waals surface area (Å²) >= 11 is 0. The maximum atomic E-state index is 12.9. The molecular formula is C29H37N7O3. The maximum Gasteiger partial charge on any atom is 0.275 e. The Hall–Kier alpha value is -4.21. The van der Waals surface area contributed by atoms with E-state index in [4.69, 9.17) is 20.9 Å². The van der Waals surface area contributed by atoms with E-state index in [0.717, 1.165) is 55.7 Å². The van der Waals surface area contributed by atoms with Crippen LogP contribution in [0.25, 0.3) is 11.4 Å². The number of benzene rings is 1. The third-order valence-electron chi connectivity index (χ3n) is 7.05. The molecule has 1 aliphatic rings. The van der Waals surface area contributed by atoms with Crippen LogP contribution >= 0.6 is 0 Å². The first-order chi connectivity index (χ1) is 18.8. The van der Waals surface area contributed by atoms with E-state index in [1.54, 1.807) is 13.1 Å². The Morgan fingerprint density at radius 1 is 1.23 bits per heavy atom. The van der Waals surface area contributed by atoms with E-state index in [2.05, 4.69) is 26.3 Å². The molecule has 1 aromatic carbocycles. The smallest absolute Gasteiger partial charge is 0.275 e. The Balaban J connectivity index is 1.54. The molecule has 0 saturated carbocycles. The minimum atomic E-state index is -0.477. The van der Waals surface area contributed by atoms with Crippen molar-refractivity contribution in [3.8, 4) is 17.1 Å². The van der Waals surface area contributed by atoms with Gasteiger partial charge in [0.05, 0.1) is 23.4 Å². The number of carbonyl (C=O) groups excluding carboxylic acids is 1. The molecule has 5 N–H and O–H groups in total. The van der Waals surface area contributed by atoms with Crippen molar-refractivity contribution in [1.82, 2.24) is 15.0 Å². The van der Waals surface area contributed by atoms with Gasteiger partial charge in [-0.05, 0) is 68.4 Å². The van der Waals surface area contributed by atoms with Gasteiger partial charge in [0.1, 0.15) is 28.8 Å². The average molecular weight is 532 g/mol. The number of pyridine rings is 1. The summed E-state index contributed by atoms with van der Waals surface area (Å²) in [7, 11) is 1.67. The minimum absolute atomic E-state index is 0.303. The number of H-pyrrole nitrogens is 1. The highest BCUT2D eigenvalue weighted by Crippen LogP contribution is 2.32. The van der Waals surface area contributed by atoms with Crippen molar-refractivity contribution in [2.45, 2.75) is 46.0 Å². The summed E-state index contributed by atoms with van der Waals surface area (Å²) in [5.41, 5.74) is 8.29. The Bertz CT molecular complexity index is 1380. The lowest BCUT2D eigenvalue weighted by Gasteiger charge is -2.33. The Kier molecular flexibility index (Phi) is 8.96. The minimum Gasteiger partial charge on any atom is -0.493 e. The number of ether oxygens (including phenoxy) is 1. The van der Waals surface area contributed by atoms with E-state index in [1.165, 1.54) is 6.20 Å². The third-order valence-corrected chi connectivity index (χ3v) is 7.05. The summed E-state index contributed by atoms with van der Waals surface area (Å²) < 4.78 is 5.89. The molecular weight excluding hydrogens is 494 g/mol. The first-order valence-corrected chi connectivity index (χ1v) is 13.5. The molecule has 3 aromatic rings. The van der Waals surface area contributed by atoms with Crippen LogP contribution in [0.5, 0.6) is 5.75 Å². The number of anilines is 2. The molecule has 1 amide bonds. The lowest BCUT2D eigenvalue weighted by atomic mass is 9.89. The predicted molar refractivity (Wildman–Crippen MR) is 154 cm³/mol. The Morgan fingerprint density at radius 2 is 2.00 bits per heavy atom. The molecule has 206 valence electrons. The second kappa shape index (κ2) is 12.6. The number of aromatic amines is 1. The number of nitrogens with zero attached hydrogens (tertiary/aromatic N) is 3. The van der Waals surface area contributed by atoms with Crippen molar-refractivity contribution in [2.75, 3.05) is 37.0 Å². The second-order valence-corrected chi connectivity index (χ2v) is 9.78. The van der Waals surface area contributed by atoms with Crippen LogP contribution in [0.4, 0.5) is 11.5 Å². The van der Waals surface area contributed by atoms with E-state index in [9.17, 15) is 9.59 Å². The van der Waals surface area contributed by atoms with Crippen molar-refractivity contribution >= 4 is 23.1 Å². The Morgan fingerprint density at radius 3 is 2.62 bits per heavy atom. The summed E-state index contributed by atoms with van der Waals surface area (Å²) in [6, 6.07) is 9.63. The molecule has 1 saturated heterocycles. The summed E-state index contributed by atoms with van der Waals surface area (Å²) in [5, 5.41) is 11.4. The van der Waals surface area contributed by atoms with Crippen LogP contribution in [0.3, 0.4) is 0 Å². The molecule has 0 aliphatic carbocycles. The van der Waals surface area contributed by atoms with Crippen LogP contribution < -0.4 is 26.2 Å². The highest BCUT2D eigenvalue weighted by molar-refractivity contribution is 6.01. The Labute approximate surface area is 228 Å². The number of rotatable bonds is 11. The normalized spacial score (nSPS) is 13.8. The number of nitrogens with two attached hydrogens (primary N) is 1. The molecule has 10 heteroatoms. The van der Waals surface area contributed by atoms with Gasteiger partial charge in [0.2, 0.25) is 5.91 Å².